The monoisotopic (exact) mass is 433 g/mol. The van der Waals surface area contributed by atoms with Gasteiger partial charge in [-0.25, -0.2) is 4.79 Å². The van der Waals surface area contributed by atoms with E-state index in [4.69, 9.17) is 23.7 Å². The molecule has 0 saturated heterocycles. The summed E-state index contributed by atoms with van der Waals surface area (Å²) in [7, 11) is 4.41. The average Bonchev–Trinajstić information content (AvgIpc) is 3.21. The summed E-state index contributed by atoms with van der Waals surface area (Å²) >= 11 is 0.844. The molecule has 1 N–H and O–H groups in total. The Morgan fingerprint density at radius 1 is 1.10 bits per heavy atom. The first-order valence-corrected chi connectivity index (χ1v) is 9.03. The highest BCUT2D eigenvalue weighted by molar-refractivity contribution is 7.99. The normalized spacial score (nSPS) is 10.5. The fourth-order valence-corrected chi connectivity index (χ4v) is 3.31. The van der Waals surface area contributed by atoms with Crippen LogP contribution in [0.2, 0.25) is 0 Å². The van der Waals surface area contributed by atoms with E-state index in [0.717, 1.165) is 17.8 Å². The predicted molar refractivity (Wildman–Crippen MR) is 104 cm³/mol. The molecule has 3 aromatic rings. The van der Waals surface area contributed by atoms with Gasteiger partial charge in [0.2, 0.25) is 11.6 Å². The predicted octanol–water partition coefficient (Wildman–Crippen LogP) is 3.52. The van der Waals surface area contributed by atoms with Crippen molar-refractivity contribution >= 4 is 23.4 Å². The molecule has 0 radical (unpaired) electrons. The van der Waals surface area contributed by atoms with Crippen molar-refractivity contribution < 1.29 is 33.5 Å². The van der Waals surface area contributed by atoms with Gasteiger partial charge >= 0.3 is 5.97 Å². The maximum Gasteiger partial charge on any atom is 0.335 e. The van der Waals surface area contributed by atoms with Gasteiger partial charge in [0.15, 0.2) is 11.5 Å². The maximum atomic E-state index is 11.3. The van der Waals surface area contributed by atoms with Crippen molar-refractivity contribution in [2.75, 3.05) is 21.3 Å². The third-order valence-electron chi connectivity index (χ3n) is 3.92. The second-order valence-electron chi connectivity index (χ2n) is 5.63. The molecule has 0 unspecified atom stereocenters. The number of nitro benzene ring substituents is 1. The smallest absolute Gasteiger partial charge is 0.335 e. The largest absolute Gasteiger partial charge is 0.493 e. The lowest BCUT2D eigenvalue weighted by Crippen LogP contribution is -1.99. The first-order chi connectivity index (χ1) is 14.4. The maximum absolute atomic E-state index is 11.3. The summed E-state index contributed by atoms with van der Waals surface area (Å²) in [5.41, 5.74) is -0.0956. The van der Waals surface area contributed by atoms with Crippen LogP contribution in [0.4, 0.5) is 5.69 Å². The van der Waals surface area contributed by atoms with Crippen LogP contribution in [-0.2, 0) is 0 Å². The van der Waals surface area contributed by atoms with Crippen molar-refractivity contribution in [2.24, 2.45) is 0 Å². The van der Waals surface area contributed by atoms with Crippen molar-refractivity contribution in [3.63, 3.8) is 0 Å². The van der Waals surface area contributed by atoms with Gasteiger partial charge in [0.05, 0.1) is 36.7 Å². The minimum Gasteiger partial charge on any atom is -0.493 e. The van der Waals surface area contributed by atoms with E-state index in [0.29, 0.717) is 22.8 Å². The topological polar surface area (TPSA) is 147 Å². The summed E-state index contributed by atoms with van der Waals surface area (Å²) in [6, 6.07) is 6.78. The zero-order valence-electron chi connectivity index (χ0n) is 15.9. The Bertz CT molecular complexity index is 1090. The van der Waals surface area contributed by atoms with Crippen LogP contribution in [0.3, 0.4) is 0 Å². The molecule has 0 aliphatic heterocycles. The molecule has 0 aliphatic rings. The SMILES string of the molecule is COc1cc(-c2nnc(Sc3ccc(C(=O)O)cc3[N+](=O)[O-])o2)cc(OC)c1OC. The van der Waals surface area contributed by atoms with Gasteiger partial charge in [-0.1, -0.05) is 0 Å². The summed E-state index contributed by atoms with van der Waals surface area (Å²) in [4.78, 5) is 21.8. The number of hydrogen-bond donors (Lipinski definition) is 1. The van der Waals surface area contributed by atoms with Crippen molar-refractivity contribution in [2.45, 2.75) is 10.1 Å². The minimum absolute atomic E-state index is 0.0323. The number of carboxylic acid groups (broad SMARTS) is 1. The molecule has 0 atom stereocenters. The fraction of sp³-hybridized carbons (Fsp3) is 0.167. The lowest BCUT2D eigenvalue weighted by Gasteiger charge is -2.12. The fourth-order valence-electron chi connectivity index (χ4n) is 2.55. The third kappa shape index (κ3) is 4.12. The summed E-state index contributed by atoms with van der Waals surface area (Å²) in [5.74, 6) is 0.0315. The quantitative estimate of drug-likeness (QED) is 0.411. The Morgan fingerprint density at radius 2 is 1.77 bits per heavy atom. The molecule has 1 aromatic heterocycles. The molecular formula is C18H15N3O8S. The van der Waals surface area contributed by atoms with Crippen LogP contribution >= 0.6 is 11.8 Å². The zero-order valence-corrected chi connectivity index (χ0v) is 16.8. The van der Waals surface area contributed by atoms with Crippen molar-refractivity contribution in [1.82, 2.24) is 10.2 Å². The molecule has 3 rings (SSSR count). The van der Waals surface area contributed by atoms with E-state index < -0.39 is 10.9 Å². The number of carboxylic acids is 1. The molecule has 2 aromatic carbocycles. The van der Waals surface area contributed by atoms with Gasteiger partial charge in [-0.3, -0.25) is 10.1 Å². The zero-order chi connectivity index (χ0) is 21.8. The van der Waals surface area contributed by atoms with Gasteiger partial charge in [0, 0.05) is 11.6 Å². The number of aromatic nitrogens is 2. The molecule has 1 heterocycles. The van der Waals surface area contributed by atoms with E-state index in [1.165, 1.54) is 33.5 Å². The Labute approximate surface area is 173 Å². The number of nitrogens with zero attached hydrogens (tertiary/aromatic N) is 3. The second kappa shape index (κ2) is 8.69. The van der Waals surface area contributed by atoms with Crippen molar-refractivity contribution in [3.05, 3.63) is 46.0 Å². The van der Waals surface area contributed by atoms with Gasteiger partial charge < -0.3 is 23.7 Å². The Hall–Kier alpha value is -3.80. The molecule has 0 bridgehead atoms. The molecule has 0 saturated carbocycles. The summed E-state index contributed by atoms with van der Waals surface area (Å²) in [6.07, 6.45) is 0. The molecule has 0 fully saturated rings. The van der Waals surface area contributed by atoms with Crippen LogP contribution in [0.15, 0.2) is 44.9 Å². The Balaban J connectivity index is 1.95. The van der Waals surface area contributed by atoms with Gasteiger partial charge in [0.1, 0.15) is 0 Å². The molecular weight excluding hydrogens is 418 g/mol. The lowest BCUT2D eigenvalue weighted by molar-refractivity contribution is -0.387. The molecule has 30 heavy (non-hydrogen) atoms. The number of ether oxygens (including phenoxy) is 3. The van der Waals surface area contributed by atoms with Crippen LogP contribution in [-0.4, -0.2) is 47.5 Å². The standard InChI is InChI=1S/C18H15N3O8S/c1-26-12-7-10(8-13(27-2)15(12)28-3)16-19-20-18(29-16)30-14-5-4-9(17(22)23)6-11(14)21(24)25/h4-8H,1-3H3,(H,22,23). The van der Waals surface area contributed by atoms with E-state index >= 15 is 0 Å². The van der Waals surface area contributed by atoms with Crippen LogP contribution in [0.1, 0.15) is 10.4 Å². The summed E-state index contributed by atoms with van der Waals surface area (Å²) in [6.45, 7) is 0. The number of hydrogen-bond acceptors (Lipinski definition) is 10. The van der Waals surface area contributed by atoms with Gasteiger partial charge in [0.25, 0.3) is 10.9 Å². The van der Waals surface area contributed by atoms with Crippen LogP contribution in [0.5, 0.6) is 17.2 Å². The van der Waals surface area contributed by atoms with E-state index in [9.17, 15) is 14.9 Å². The Morgan fingerprint density at radius 3 is 2.30 bits per heavy atom. The molecule has 0 amide bonds. The van der Waals surface area contributed by atoms with Crippen LogP contribution < -0.4 is 14.2 Å². The first kappa shape index (κ1) is 20.9. The number of nitro groups is 1. The van der Waals surface area contributed by atoms with Gasteiger partial charge in [-0.15, -0.1) is 10.2 Å². The highest BCUT2D eigenvalue weighted by atomic mass is 32.2. The first-order valence-electron chi connectivity index (χ1n) is 8.21. The minimum atomic E-state index is -1.27. The van der Waals surface area contributed by atoms with Crippen LogP contribution in [0, 0.1) is 10.1 Å². The average molecular weight is 433 g/mol. The lowest BCUT2D eigenvalue weighted by atomic mass is 10.2. The summed E-state index contributed by atoms with van der Waals surface area (Å²) < 4.78 is 21.5. The molecule has 156 valence electrons. The number of rotatable bonds is 8. The Kier molecular flexibility index (Phi) is 6.06. The van der Waals surface area contributed by atoms with Crippen molar-refractivity contribution in [3.8, 4) is 28.7 Å². The number of benzene rings is 2. The number of carbonyl (C=O) groups is 1. The number of methoxy groups -OCH3 is 3. The van der Waals surface area contributed by atoms with Crippen molar-refractivity contribution in [1.29, 1.82) is 0 Å². The van der Waals surface area contributed by atoms with Crippen LogP contribution in [0.25, 0.3) is 11.5 Å². The van der Waals surface area contributed by atoms with E-state index in [2.05, 4.69) is 10.2 Å². The molecule has 11 nitrogen and oxygen atoms in total. The van der Waals surface area contributed by atoms with E-state index in [1.807, 2.05) is 0 Å². The highest BCUT2D eigenvalue weighted by Crippen LogP contribution is 2.42. The second-order valence-corrected chi connectivity index (χ2v) is 6.63. The van der Waals surface area contributed by atoms with E-state index in [-0.39, 0.29) is 27.3 Å². The molecule has 12 heteroatoms. The highest BCUT2D eigenvalue weighted by Gasteiger charge is 2.22. The number of aromatic carboxylic acids is 1. The summed E-state index contributed by atoms with van der Waals surface area (Å²) in [5, 5.41) is 28.2. The van der Waals surface area contributed by atoms with Gasteiger partial charge in [-0.05, 0) is 36.0 Å². The van der Waals surface area contributed by atoms with Gasteiger partial charge in [-0.2, -0.15) is 0 Å². The molecule has 0 spiro atoms. The third-order valence-corrected chi connectivity index (χ3v) is 4.82. The van der Waals surface area contributed by atoms with E-state index in [1.54, 1.807) is 12.1 Å². The molecule has 0 aliphatic carbocycles.